The Morgan fingerprint density at radius 3 is 2.67 bits per heavy atom. The lowest BCUT2D eigenvalue weighted by atomic mass is 9.86. The number of carboxylic acids is 1. The first-order chi connectivity index (χ1) is 8.29. The van der Waals surface area contributed by atoms with E-state index in [1.807, 2.05) is 0 Å². The molecule has 1 aliphatic carbocycles. The first kappa shape index (κ1) is 12.6. The van der Waals surface area contributed by atoms with Crippen LogP contribution in [0.25, 0.3) is 0 Å². The molecule has 1 N–H and O–H groups in total. The standard InChI is InChI=1S/C12H10F3NO2/c1-6-2-3-9-7(4-6)5-8(11(17)18)10(16-9)12(13,14)15/h2-4,7H,5H2,1H3,(H,17,18). The molecule has 2 rings (SSSR count). The Morgan fingerprint density at radius 1 is 1.44 bits per heavy atom. The molecule has 0 radical (unpaired) electrons. The molecule has 3 nitrogen and oxygen atoms in total. The van der Waals surface area contributed by atoms with Crippen molar-refractivity contribution < 1.29 is 23.1 Å². The Kier molecular flexibility index (Phi) is 2.88. The minimum absolute atomic E-state index is 0.176. The van der Waals surface area contributed by atoms with Gasteiger partial charge in [-0.2, -0.15) is 13.2 Å². The Hall–Kier alpha value is -1.85. The average molecular weight is 257 g/mol. The van der Waals surface area contributed by atoms with E-state index >= 15 is 0 Å². The zero-order valence-electron chi connectivity index (χ0n) is 9.45. The third-order valence-electron chi connectivity index (χ3n) is 2.84. The average Bonchev–Trinajstić information content (AvgIpc) is 2.25. The van der Waals surface area contributed by atoms with E-state index in [9.17, 15) is 18.0 Å². The molecule has 0 saturated heterocycles. The van der Waals surface area contributed by atoms with Crippen molar-refractivity contribution in [2.75, 3.05) is 0 Å². The highest BCUT2D eigenvalue weighted by molar-refractivity contribution is 6.03. The van der Waals surface area contributed by atoms with Crippen molar-refractivity contribution in [3.05, 3.63) is 35.1 Å². The molecular formula is C12H10F3NO2. The van der Waals surface area contributed by atoms with E-state index in [-0.39, 0.29) is 18.1 Å². The number of alkyl halides is 3. The van der Waals surface area contributed by atoms with Gasteiger partial charge in [0.15, 0.2) is 5.70 Å². The van der Waals surface area contributed by atoms with Crippen molar-refractivity contribution in [1.29, 1.82) is 0 Å². The maximum absolute atomic E-state index is 12.7. The summed E-state index contributed by atoms with van der Waals surface area (Å²) in [5.74, 6) is -1.95. The van der Waals surface area contributed by atoms with Gasteiger partial charge in [-0.05, 0) is 19.4 Å². The molecule has 0 fully saturated rings. The lowest BCUT2D eigenvalue weighted by Gasteiger charge is -2.25. The van der Waals surface area contributed by atoms with Gasteiger partial charge in [-0.15, -0.1) is 0 Å². The van der Waals surface area contributed by atoms with E-state index in [4.69, 9.17) is 5.11 Å². The number of hydrogen-bond acceptors (Lipinski definition) is 2. The van der Waals surface area contributed by atoms with Crippen LogP contribution in [0.5, 0.6) is 0 Å². The molecule has 0 bridgehead atoms. The van der Waals surface area contributed by atoms with Crippen LogP contribution in [0.3, 0.4) is 0 Å². The summed E-state index contributed by atoms with van der Waals surface area (Å²) in [5.41, 5.74) is -0.813. The number of aliphatic imine (C=N–C) groups is 1. The molecule has 0 aromatic heterocycles. The van der Waals surface area contributed by atoms with Gasteiger partial charge in [-0.25, -0.2) is 9.79 Å². The number of hydrogen-bond donors (Lipinski definition) is 1. The molecule has 1 aliphatic heterocycles. The van der Waals surface area contributed by atoms with Crippen LogP contribution in [0.1, 0.15) is 13.3 Å². The van der Waals surface area contributed by atoms with Crippen molar-refractivity contribution in [3.63, 3.8) is 0 Å². The summed E-state index contributed by atoms with van der Waals surface area (Å²) in [6, 6.07) is 0. The Labute approximate surface area is 101 Å². The fraction of sp³-hybridized carbons (Fsp3) is 0.333. The van der Waals surface area contributed by atoms with E-state index in [0.717, 1.165) is 5.57 Å². The van der Waals surface area contributed by atoms with Crippen LogP contribution in [0.2, 0.25) is 0 Å². The number of nitrogens with zero attached hydrogens (tertiary/aromatic N) is 1. The van der Waals surface area contributed by atoms with Gasteiger partial charge < -0.3 is 5.11 Å². The summed E-state index contributed by atoms with van der Waals surface area (Å²) in [6.07, 6.45) is -0.0190. The lowest BCUT2D eigenvalue weighted by Crippen LogP contribution is -2.27. The zero-order chi connectivity index (χ0) is 13.5. The fourth-order valence-electron chi connectivity index (χ4n) is 2.02. The second-order valence-corrected chi connectivity index (χ2v) is 4.22. The van der Waals surface area contributed by atoms with Crippen molar-refractivity contribution >= 4 is 11.7 Å². The number of rotatable bonds is 1. The second-order valence-electron chi connectivity index (χ2n) is 4.22. The van der Waals surface area contributed by atoms with Crippen LogP contribution >= 0.6 is 0 Å². The Morgan fingerprint density at radius 2 is 2.11 bits per heavy atom. The van der Waals surface area contributed by atoms with Gasteiger partial charge >= 0.3 is 12.1 Å². The summed E-state index contributed by atoms with van der Waals surface area (Å²) in [5, 5.41) is 8.86. The predicted octanol–water partition coefficient (Wildman–Crippen LogP) is 2.86. The molecule has 0 amide bonds. The Balaban J connectivity index is 2.51. The monoisotopic (exact) mass is 257 g/mol. The first-order valence-corrected chi connectivity index (χ1v) is 5.28. The molecule has 0 saturated carbocycles. The maximum Gasteiger partial charge on any atom is 0.433 e. The summed E-state index contributed by atoms with van der Waals surface area (Å²) < 4.78 is 38.2. The van der Waals surface area contributed by atoms with Gasteiger partial charge in [-0.1, -0.05) is 17.7 Å². The van der Waals surface area contributed by atoms with Crippen LogP contribution in [0, 0.1) is 5.92 Å². The molecule has 0 aromatic carbocycles. The van der Waals surface area contributed by atoms with Crippen LogP contribution in [0.15, 0.2) is 40.1 Å². The minimum atomic E-state index is -4.74. The largest absolute Gasteiger partial charge is 0.478 e. The van der Waals surface area contributed by atoms with Gasteiger partial charge in [0.1, 0.15) is 0 Å². The molecule has 96 valence electrons. The summed E-state index contributed by atoms with van der Waals surface area (Å²) in [4.78, 5) is 14.4. The number of aliphatic carboxylic acids is 1. The topological polar surface area (TPSA) is 49.7 Å². The SMILES string of the molecule is CC1=CC2CC(C(=O)O)=C(C(F)(F)F)N=C2C=C1. The quantitative estimate of drug-likeness (QED) is 0.785. The zero-order valence-corrected chi connectivity index (χ0v) is 9.45. The highest BCUT2D eigenvalue weighted by atomic mass is 19.4. The summed E-state index contributed by atoms with van der Waals surface area (Å²) in [6.45, 7) is 1.80. The number of carboxylic acid groups (broad SMARTS) is 1. The van der Waals surface area contributed by atoms with E-state index in [0.29, 0.717) is 0 Å². The van der Waals surface area contributed by atoms with E-state index in [1.54, 1.807) is 19.1 Å². The van der Waals surface area contributed by atoms with Crippen LogP contribution in [-0.4, -0.2) is 23.0 Å². The first-order valence-electron chi connectivity index (χ1n) is 5.28. The second kappa shape index (κ2) is 4.12. The Bertz CT molecular complexity index is 524. The van der Waals surface area contributed by atoms with E-state index in [1.165, 1.54) is 6.08 Å². The molecule has 1 unspecified atom stereocenters. The van der Waals surface area contributed by atoms with Crippen LogP contribution < -0.4 is 0 Å². The smallest absolute Gasteiger partial charge is 0.433 e. The van der Waals surface area contributed by atoms with Gasteiger partial charge in [0, 0.05) is 11.6 Å². The highest BCUT2D eigenvalue weighted by Gasteiger charge is 2.42. The fourth-order valence-corrected chi connectivity index (χ4v) is 2.02. The molecule has 18 heavy (non-hydrogen) atoms. The van der Waals surface area contributed by atoms with Crippen molar-refractivity contribution in [2.24, 2.45) is 10.9 Å². The molecule has 2 aliphatic rings. The molecule has 6 heteroatoms. The van der Waals surface area contributed by atoms with Gasteiger partial charge in [0.05, 0.1) is 5.57 Å². The predicted molar refractivity (Wildman–Crippen MR) is 59.2 cm³/mol. The van der Waals surface area contributed by atoms with Crippen molar-refractivity contribution in [2.45, 2.75) is 19.5 Å². The third-order valence-corrected chi connectivity index (χ3v) is 2.84. The lowest BCUT2D eigenvalue weighted by molar-refractivity contribution is -0.134. The highest BCUT2D eigenvalue weighted by Crippen LogP contribution is 2.37. The number of allylic oxidation sites excluding steroid dienone is 5. The van der Waals surface area contributed by atoms with Gasteiger partial charge in [0.25, 0.3) is 0 Å². The molecular weight excluding hydrogens is 247 g/mol. The minimum Gasteiger partial charge on any atom is -0.478 e. The van der Waals surface area contributed by atoms with Crippen molar-refractivity contribution in [1.82, 2.24) is 0 Å². The molecule has 0 aromatic rings. The third kappa shape index (κ3) is 2.23. The molecule has 1 heterocycles. The summed E-state index contributed by atoms with van der Waals surface area (Å²) >= 11 is 0. The number of fused-ring (bicyclic) bond motifs is 1. The van der Waals surface area contributed by atoms with Crippen molar-refractivity contribution in [3.8, 4) is 0 Å². The van der Waals surface area contributed by atoms with Crippen LogP contribution in [0.4, 0.5) is 13.2 Å². The number of carbonyl (C=O) groups is 1. The van der Waals surface area contributed by atoms with Gasteiger partial charge in [-0.3, -0.25) is 0 Å². The van der Waals surface area contributed by atoms with Crippen LogP contribution in [-0.2, 0) is 4.79 Å². The normalized spacial score (nSPS) is 23.4. The molecule has 1 atom stereocenters. The van der Waals surface area contributed by atoms with Gasteiger partial charge in [0.2, 0.25) is 0 Å². The van der Waals surface area contributed by atoms with E-state index in [2.05, 4.69) is 4.99 Å². The summed E-state index contributed by atoms with van der Waals surface area (Å²) in [7, 11) is 0. The number of halogens is 3. The van der Waals surface area contributed by atoms with E-state index < -0.39 is 23.4 Å². The maximum atomic E-state index is 12.7. The molecule has 0 spiro atoms.